The van der Waals surface area contributed by atoms with Crippen LogP contribution in [-0.2, 0) is 4.18 Å². The first-order valence-corrected chi connectivity index (χ1v) is 12.7. The lowest BCUT2D eigenvalue weighted by atomic mass is 10.2. The van der Waals surface area contributed by atoms with E-state index in [-0.39, 0.29) is 4.75 Å². The van der Waals surface area contributed by atoms with Crippen molar-refractivity contribution in [3.8, 4) is 5.88 Å². The Hall–Kier alpha value is -2.05. The lowest BCUT2D eigenvalue weighted by Gasteiger charge is -2.47. The Bertz CT molecular complexity index is 937. The minimum absolute atomic E-state index is 0.0984. The third-order valence-corrected chi connectivity index (χ3v) is 9.57. The molecule has 3 aromatic rings. The van der Waals surface area contributed by atoms with Crippen molar-refractivity contribution in [2.75, 3.05) is 19.5 Å². The molecule has 6 heteroatoms. The molecule has 0 N–H and O–H groups in total. The molecule has 2 heterocycles. The summed E-state index contributed by atoms with van der Waals surface area (Å²) in [4.78, 5) is 10.1. The van der Waals surface area contributed by atoms with Crippen LogP contribution in [0, 0.1) is 6.92 Å². The van der Waals surface area contributed by atoms with Gasteiger partial charge < -0.3 is 13.3 Å². The highest BCUT2D eigenvalue weighted by Gasteiger charge is 2.35. The molecule has 0 radical (unpaired) electrons. The van der Waals surface area contributed by atoms with Crippen LogP contribution in [0.3, 0.4) is 0 Å². The van der Waals surface area contributed by atoms with Crippen molar-refractivity contribution in [2.24, 2.45) is 0 Å². The van der Waals surface area contributed by atoms with Crippen molar-refractivity contribution in [1.29, 1.82) is 0 Å². The summed E-state index contributed by atoms with van der Waals surface area (Å²) in [6.45, 7) is 10.3. The van der Waals surface area contributed by atoms with E-state index in [0.717, 1.165) is 43.6 Å². The third-order valence-electron chi connectivity index (χ3n) is 5.42. The second-order valence-corrected chi connectivity index (χ2v) is 12.3. The molecule has 0 fully saturated rings. The van der Waals surface area contributed by atoms with Crippen LogP contribution < -0.4 is 4.74 Å². The molecule has 1 aromatic carbocycles. The van der Waals surface area contributed by atoms with E-state index in [4.69, 9.17) is 8.92 Å². The number of imidazole rings is 1. The first kappa shape index (κ1) is 22.6. The lowest BCUT2D eigenvalue weighted by molar-refractivity contribution is 0.288. The number of fused-ring (bicyclic) bond motifs is 1. The summed E-state index contributed by atoms with van der Waals surface area (Å²) in [6, 6.07) is 10.7. The summed E-state index contributed by atoms with van der Waals surface area (Å²) in [6.07, 6.45) is 12.3. The maximum absolute atomic E-state index is 6.54. The fraction of sp³-hybridized carbons (Fsp3) is 0.500. The molecule has 0 spiro atoms. The highest BCUT2D eigenvalue weighted by Crippen LogP contribution is 2.63. The van der Waals surface area contributed by atoms with Crippen LogP contribution >= 0.6 is 10.3 Å². The van der Waals surface area contributed by atoms with E-state index >= 15 is 0 Å². The van der Waals surface area contributed by atoms with E-state index in [1.807, 2.05) is 23.7 Å². The SMILES string of the molecule is Cc1cn2ccnc2c(OCCCCCCOS(C)(c2ccccc2)C(C)(C)C)n1. The quantitative estimate of drug-likeness (QED) is 0.360. The molecule has 1 atom stereocenters. The van der Waals surface area contributed by atoms with E-state index < -0.39 is 10.3 Å². The number of unbranched alkanes of at least 4 members (excludes halogenated alkanes) is 3. The predicted molar refractivity (Wildman–Crippen MR) is 126 cm³/mol. The first-order chi connectivity index (χ1) is 14.3. The molecule has 0 saturated heterocycles. The summed E-state index contributed by atoms with van der Waals surface area (Å²) in [5, 5.41) is 0. The molecule has 0 aliphatic heterocycles. The zero-order chi connectivity index (χ0) is 21.6. The predicted octanol–water partition coefficient (Wildman–Crippen LogP) is 6.20. The number of ether oxygens (including phenoxy) is 1. The summed E-state index contributed by atoms with van der Waals surface area (Å²) in [5.41, 5.74) is 1.70. The summed E-state index contributed by atoms with van der Waals surface area (Å²) < 4.78 is 14.5. The van der Waals surface area contributed by atoms with Crippen molar-refractivity contribution in [3.05, 3.63) is 54.6 Å². The van der Waals surface area contributed by atoms with Gasteiger partial charge in [-0.15, -0.1) is 10.3 Å². The summed E-state index contributed by atoms with van der Waals surface area (Å²) in [7, 11) is -1.33. The van der Waals surface area contributed by atoms with Crippen LogP contribution in [0.1, 0.15) is 52.1 Å². The number of aromatic nitrogens is 3. The van der Waals surface area contributed by atoms with Gasteiger partial charge in [0.1, 0.15) is 0 Å². The maximum Gasteiger partial charge on any atom is 0.258 e. The maximum atomic E-state index is 6.54. The second kappa shape index (κ2) is 9.84. The fourth-order valence-corrected chi connectivity index (χ4v) is 5.68. The topological polar surface area (TPSA) is 48.7 Å². The molecule has 3 rings (SSSR count). The monoisotopic (exact) mass is 429 g/mol. The van der Waals surface area contributed by atoms with Gasteiger partial charge in [0.2, 0.25) is 0 Å². The molecule has 0 amide bonds. The molecular formula is C24H35N3O2S. The smallest absolute Gasteiger partial charge is 0.258 e. The number of hydrogen-bond acceptors (Lipinski definition) is 4. The second-order valence-electron chi connectivity index (χ2n) is 8.70. The molecular weight excluding hydrogens is 394 g/mol. The number of benzene rings is 1. The zero-order valence-electron chi connectivity index (χ0n) is 18.9. The van der Waals surface area contributed by atoms with E-state index in [1.165, 1.54) is 4.90 Å². The molecule has 2 aromatic heterocycles. The molecule has 5 nitrogen and oxygen atoms in total. The van der Waals surface area contributed by atoms with E-state index in [9.17, 15) is 0 Å². The number of rotatable bonds is 10. The Kier molecular flexibility index (Phi) is 7.42. The van der Waals surface area contributed by atoms with Crippen molar-refractivity contribution >= 4 is 16.0 Å². The Labute approximate surface area is 182 Å². The third kappa shape index (κ3) is 5.35. The van der Waals surface area contributed by atoms with Gasteiger partial charge in [-0.05, 0) is 44.6 Å². The molecule has 0 aliphatic carbocycles. The molecule has 0 saturated carbocycles. The normalized spacial score (nSPS) is 15.1. The van der Waals surface area contributed by atoms with Gasteiger partial charge >= 0.3 is 0 Å². The van der Waals surface area contributed by atoms with Gasteiger partial charge in [0.15, 0.2) is 5.65 Å². The largest absolute Gasteiger partial charge is 0.475 e. The van der Waals surface area contributed by atoms with Gasteiger partial charge in [-0.25, -0.2) is 9.97 Å². The fourth-order valence-electron chi connectivity index (χ4n) is 3.35. The van der Waals surface area contributed by atoms with Crippen LogP contribution in [0.5, 0.6) is 5.88 Å². The van der Waals surface area contributed by atoms with Gasteiger partial charge in [-0.1, -0.05) is 45.4 Å². The van der Waals surface area contributed by atoms with Crippen LogP contribution in [0.15, 0.2) is 53.8 Å². The van der Waals surface area contributed by atoms with Gasteiger partial charge in [0.25, 0.3) is 5.88 Å². The van der Waals surface area contributed by atoms with E-state index in [1.54, 1.807) is 6.20 Å². The van der Waals surface area contributed by atoms with Crippen LogP contribution in [-0.4, -0.2) is 38.6 Å². The highest BCUT2D eigenvalue weighted by molar-refractivity contribution is 8.30. The number of nitrogens with zero attached hydrogens (tertiary/aromatic N) is 3. The first-order valence-electron chi connectivity index (χ1n) is 10.7. The van der Waals surface area contributed by atoms with Gasteiger partial charge in [0, 0.05) is 28.2 Å². The van der Waals surface area contributed by atoms with Crippen LogP contribution in [0.4, 0.5) is 0 Å². The Balaban J connectivity index is 1.40. The molecule has 164 valence electrons. The highest BCUT2D eigenvalue weighted by atomic mass is 32.3. The molecule has 1 unspecified atom stereocenters. The van der Waals surface area contributed by atoms with Crippen molar-refractivity contribution in [1.82, 2.24) is 14.4 Å². The standard InChI is InChI=1S/C24H35N3O2S/c1-20-19-27-16-15-25-22(27)23(26-20)28-17-11-6-7-12-18-29-30(5,24(2,3)4)21-13-9-8-10-14-21/h8-10,13-16,19H,6-7,11-12,17-18H2,1-5H3. The minimum Gasteiger partial charge on any atom is -0.475 e. The summed E-state index contributed by atoms with van der Waals surface area (Å²) >= 11 is 0. The summed E-state index contributed by atoms with van der Waals surface area (Å²) in [5.74, 6) is 0.621. The molecule has 0 aliphatic rings. The van der Waals surface area contributed by atoms with Crippen LogP contribution in [0.25, 0.3) is 5.65 Å². The van der Waals surface area contributed by atoms with E-state index in [2.05, 4.69) is 67.3 Å². The van der Waals surface area contributed by atoms with Gasteiger partial charge in [0.05, 0.1) is 18.9 Å². The average Bonchev–Trinajstić information content (AvgIpc) is 3.18. The van der Waals surface area contributed by atoms with E-state index in [0.29, 0.717) is 12.5 Å². The minimum atomic E-state index is -1.33. The number of aryl methyl sites for hydroxylation is 1. The lowest BCUT2D eigenvalue weighted by Crippen LogP contribution is -2.26. The van der Waals surface area contributed by atoms with Gasteiger partial charge in [-0.3, -0.25) is 0 Å². The van der Waals surface area contributed by atoms with Gasteiger partial charge in [-0.2, -0.15) is 0 Å². The Morgan fingerprint density at radius 1 is 1.00 bits per heavy atom. The Morgan fingerprint density at radius 3 is 2.40 bits per heavy atom. The van der Waals surface area contributed by atoms with Crippen LogP contribution in [0.2, 0.25) is 0 Å². The molecule has 30 heavy (non-hydrogen) atoms. The molecule has 0 bridgehead atoms. The zero-order valence-corrected chi connectivity index (χ0v) is 19.7. The van der Waals surface area contributed by atoms with Crippen molar-refractivity contribution < 1.29 is 8.92 Å². The number of hydrogen-bond donors (Lipinski definition) is 0. The van der Waals surface area contributed by atoms with Crippen molar-refractivity contribution in [2.45, 2.75) is 63.0 Å². The van der Waals surface area contributed by atoms with Crippen molar-refractivity contribution in [3.63, 3.8) is 0 Å². The Morgan fingerprint density at radius 2 is 1.70 bits per heavy atom. The average molecular weight is 430 g/mol.